The van der Waals surface area contributed by atoms with Crippen molar-refractivity contribution in [2.45, 2.75) is 0 Å². The Bertz CT molecular complexity index is 3100. The number of fused-ring (bicyclic) bond motifs is 6. The first kappa shape index (κ1) is 32.8. The lowest BCUT2D eigenvalue weighted by Gasteiger charge is -2.24. The number of rotatable bonds is 3. The van der Waals surface area contributed by atoms with Gasteiger partial charge in [-0.2, -0.15) is 0 Å². The monoisotopic (exact) mass is 738 g/mol. The molecule has 0 fully saturated rings. The highest BCUT2D eigenvalue weighted by Crippen LogP contribution is 2.65. The molecule has 0 atom stereocenters. The van der Waals surface area contributed by atoms with Gasteiger partial charge in [-0.1, -0.05) is 60.7 Å². The summed E-state index contributed by atoms with van der Waals surface area (Å²) >= 11 is 0. The van der Waals surface area contributed by atoms with Crippen molar-refractivity contribution >= 4 is 54.3 Å². The van der Waals surface area contributed by atoms with Crippen LogP contribution in [0.15, 0.2) is 89.3 Å². The summed E-state index contributed by atoms with van der Waals surface area (Å²) in [5.41, 5.74) is -1.41. The summed E-state index contributed by atoms with van der Waals surface area (Å²) in [6.45, 7) is 0. The maximum absolute atomic E-state index is 12.1. The first-order valence-electron chi connectivity index (χ1n) is 16.5. The predicted octanol–water partition coefficient (Wildman–Crippen LogP) is 8.51. The van der Waals surface area contributed by atoms with Gasteiger partial charge in [-0.05, 0) is 46.2 Å². The minimum absolute atomic E-state index is 0.0274. The summed E-state index contributed by atoms with van der Waals surface area (Å²) < 4.78 is 5.97. The van der Waals surface area contributed by atoms with E-state index in [1.54, 1.807) is 54.6 Å². The average Bonchev–Trinajstić information content (AvgIpc) is 3.57. The highest BCUT2D eigenvalue weighted by molar-refractivity contribution is 6.30. The van der Waals surface area contributed by atoms with Gasteiger partial charge in [0.25, 0.3) is 0 Å². The first-order chi connectivity index (χ1) is 26.3. The molecule has 272 valence electrons. The van der Waals surface area contributed by atoms with Gasteiger partial charge in [-0.3, -0.25) is 0 Å². The Morgan fingerprint density at radius 3 is 1.36 bits per heavy atom. The minimum Gasteiger partial charge on any atom is -0.506 e. The van der Waals surface area contributed by atoms with Crippen LogP contribution in [0.1, 0.15) is 0 Å². The molecule has 0 saturated carbocycles. The van der Waals surface area contributed by atoms with Gasteiger partial charge >= 0.3 is 0 Å². The van der Waals surface area contributed by atoms with Crippen molar-refractivity contribution in [3.63, 3.8) is 0 Å². The van der Waals surface area contributed by atoms with Crippen LogP contribution in [0.4, 0.5) is 0 Å². The number of phenolic OH excluding ortho intramolecular Hbond substituents is 12. The molecule has 9 aromatic rings. The van der Waals surface area contributed by atoms with Gasteiger partial charge in [-0.25, -0.2) is 0 Å². The molecule has 1 aromatic heterocycles. The second kappa shape index (κ2) is 11.2. The van der Waals surface area contributed by atoms with Gasteiger partial charge in [0.05, 0.1) is 11.1 Å². The fourth-order valence-electron chi connectivity index (χ4n) is 7.59. The number of phenols is 12. The zero-order valence-electron chi connectivity index (χ0n) is 27.9. The Morgan fingerprint density at radius 1 is 0.291 bits per heavy atom. The summed E-state index contributed by atoms with van der Waals surface area (Å²) in [5.74, 6) is -14.1. The lowest BCUT2D eigenvalue weighted by atomic mass is 9.82. The molecule has 0 unspecified atom stereocenters. The molecule has 55 heavy (non-hydrogen) atoms. The molecule has 0 bridgehead atoms. The van der Waals surface area contributed by atoms with E-state index in [1.807, 2.05) is 12.1 Å². The van der Waals surface area contributed by atoms with E-state index in [0.717, 1.165) is 10.8 Å². The molecule has 0 amide bonds. The van der Waals surface area contributed by atoms with Crippen LogP contribution in [0.3, 0.4) is 0 Å². The molecule has 0 aliphatic carbocycles. The topological polar surface area (TPSA) is 256 Å². The Kier molecular flexibility index (Phi) is 6.69. The quantitative estimate of drug-likeness (QED) is 0.0462. The number of hydrogen-bond acceptors (Lipinski definition) is 13. The molecule has 1 heterocycles. The molecule has 8 aromatic carbocycles. The highest BCUT2D eigenvalue weighted by Gasteiger charge is 2.36. The first-order valence-corrected chi connectivity index (χ1v) is 16.5. The van der Waals surface area contributed by atoms with E-state index in [0.29, 0.717) is 21.9 Å². The molecular weight excluding hydrogens is 712 g/mol. The summed E-state index contributed by atoms with van der Waals surface area (Å²) in [6, 6.07) is 23.5. The largest absolute Gasteiger partial charge is 0.506 e. The SMILES string of the molecule is Oc1c(O)c(-c2ccc3c(c2)oc2ccccc23)c(O)c(-c2c3c(O)c(O)c(O)c(O)c3c(-c3ccc4ccccc4c3)c3c(O)c(O)c(O)c(O)c23)c1O. The lowest BCUT2D eigenvalue weighted by Crippen LogP contribution is -1.96. The Labute approximate surface area is 306 Å². The number of para-hydroxylation sites is 1. The molecule has 0 spiro atoms. The van der Waals surface area contributed by atoms with Crippen LogP contribution in [0, 0.1) is 0 Å². The number of hydrogen-bond donors (Lipinski definition) is 12. The second-order valence-corrected chi connectivity index (χ2v) is 13.1. The van der Waals surface area contributed by atoms with Crippen LogP contribution in [0.2, 0.25) is 0 Å². The van der Waals surface area contributed by atoms with Gasteiger partial charge in [-0.15, -0.1) is 0 Å². The van der Waals surface area contributed by atoms with E-state index in [2.05, 4.69) is 0 Å². The van der Waals surface area contributed by atoms with Crippen LogP contribution in [-0.2, 0) is 0 Å². The van der Waals surface area contributed by atoms with E-state index in [-0.39, 0.29) is 16.7 Å². The third kappa shape index (κ3) is 4.28. The molecule has 0 radical (unpaired) electrons. The lowest BCUT2D eigenvalue weighted by molar-refractivity contribution is 0.350. The fraction of sp³-hybridized carbons (Fsp3) is 0. The fourth-order valence-corrected chi connectivity index (χ4v) is 7.59. The molecule has 12 N–H and O–H groups in total. The average molecular weight is 739 g/mol. The second-order valence-electron chi connectivity index (χ2n) is 13.1. The number of furan rings is 1. The van der Waals surface area contributed by atoms with E-state index in [9.17, 15) is 61.3 Å². The number of benzene rings is 8. The van der Waals surface area contributed by atoms with E-state index >= 15 is 0 Å². The van der Waals surface area contributed by atoms with Crippen LogP contribution in [0.5, 0.6) is 69.0 Å². The third-order valence-electron chi connectivity index (χ3n) is 10.1. The van der Waals surface area contributed by atoms with E-state index < -0.39 is 107 Å². The van der Waals surface area contributed by atoms with Crippen LogP contribution < -0.4 is 0 Å². The van der Waals surface area contributed by atoms with Crippen molar-refractivity contribution < 1.29 is 65.7 Å². The van der Waals surface area contributed by atoms with Crippen molar-refractivity contribution in [2.75, 3.05) is 0 Å². The van der Waals surface area contributed by atoms with Crippen molar-refractivity contribution in [1.29, 1.82) is 0 Å². The van der Waals surface area contributed by atoms with Crippen LogP contribution >= 0.6 is 0 Å². The zero-order chi connectivity index (χ0) is 38.8. The normalized spacial score (nSPS) is 11.8. The molecule has 9 rings (SSSR count). The van der Waals surface area contributed by atoms with Crippen molar-refractivity contribution in [2.24, 2.45) is 0 Å². The van der Waals surface area contributed by atoms with Crippen molar-refractivity contribution in [1.82, 2.24) is 0 Å². The van der Waals surface area contributed by atoms with Gasteiger partial charge in [0.1, 0.15) is 16.9 Å². The maximum atomic E-state index is 12.1. The van der Waals surface area contributed by atoms with Crippen LogP contribution in [-0.4, -0.2) is 61.3 Å². The molecule has 0 aliphatic heterocycles. The smallest absolute Gasteiger partial charge is 0.204 e. The molecule has 0 saturated heterocycles. The summed E-state index contributed by atoms with van der Waals surface area (Å²) in [6.07, 6.45) is 0. The van der Waals surface area contributed by atoms with E-state index in [1.165, 1.54) is 18.2 Å². The number of aromatic hydroxyl groups is 12. The van der Waals surface area contributed by atoms with Gasteiger partial charge in [0, 0.05) is 43.4 Å². The minimum atomic E-state index is -1.29. The maximum Gasteiger partial charge on any atom is 0.204 e. The van der Waals surface area contributed by atoms with Gasteiger partial charge < -0.3 is 65.7 Å². The van der Waals surface area contributed by atoms with Crippen LogP contribution in [0.25, 0.3) is 87.6 Å². The highest BCUT2D eigenvalue weighted by atomic mass is 16.4. The summed E-state index contributed by atoms with van der Waals surface area (Å²) in [5, 5.41) is 136. The standard InChI is InChI=1S/C42H26O13/c43-31-24(18-11-12-20-19-7-3-4-8-21(19)55-22(20)14-18)32(44)38(50)37(49)30(31)25-28-26(33(45)39(51)41(53)35(28)47)23(17-10-9-15-5-1-2-6-16(15)13-17)27-29(25)36(48)42(54)40(52)34(27)46/h1-14,43-54H. The van der Waals surface area contributed by atoms with E-state index in [4.69, 9.17) is 4.42 Å². The summed E-state index contributed by atoms with van der Waals surface area (Å²) in [4.78, 5) is 0. The molecule has 13 nitrogen and oxygen atoms in total. The Hall–Kier alpha value is -8.06. The Morgan fingerprint density at radius 2 is 0.745 bits per heavy atom. The molecular formula is C42H26O13. The van der Waals surface area contributed by atoms with Gasteiger partial charge in [0.15, 0.2) is 34.5 Å². The van der Waals surface area contributed by atoms with Crippen molar-refractivity contribution in [3.05, 3.63) is 84.9 Å². The zero-order valence-corrected chi connectivity index (χ0v) is 27.9. The molecule has 13 heteroatoms. The predicted molar refractivity (Wildman–Crippen MR) is 203 cm³/mol. The third-order valence-corrected chi connectivity index (χ3v) is 10.1. The van der Waals surface area contributed by atoms with Crippen molar-refractivity contribution in [3.8, 4) is 102 Å². The van der Waals surface area contributed by atoms with Gasteiger partial charge in [0.2, 0.25) is 28.7 Å². The molecule has 0 aliphatic rings. The summed E-state index contributed by atoms with van der Waals surface area (Å²) in [7, 11) is 0. The Balaban J connectivity index is 1.50.